The Kier molecular flexibility index (Phi) is 7.63. The lowest BCUT2D eigenvalue weighted by molar-refractivity contribution is -0.146. The number of ether oxygens (including phenoxy) is 2. The summed E-state index contributed by atoms with van der Waals surface area (Å²) in [5.41, 5.74) is 0. The van der Waals surface area contributed by atoms with E-state index in [2.05, 4.69) is 0 Å². The minimum absolute atomic E-state index is 0.0769. The van der Waals surface area contributed by atoms with Gasteiger partial charge >= 0.3 is 5.97 Å². The van der Waals surface area contributed by atoms with Gasteiger partial charge < -0.3 is 14.6 Å². The maximum atomic E-state index is 10.9. The summed E-state index contributed by atoms with van der Waals surface area (Å²) in [6.07, 6.45) is 0.440. The number of esters is 1. The number of hydrogen-bond donors (Lipinski definition) is 1. The van der Waals surface area contributed by atoms with Gasteiger partial charge in [-0.3, -0.25) is 4.79 Å². The predicted molar refractivity (Wildman–Crippen MR) is 48.4 cm³/mol. The molecule has 78 valence electrons. The lowest BCUT2D eigenvalue weighted by Crippen LogP contribution is -2.15. The Morgan fingerprint density at radius 1 is 1.54 bits per heavy atom. The first-order valence-corrected chi connectivity index (χ1v) is 4.58. The molecule has 0 fully saturated rings. The highest BCUT2D eigenvalue weighted by Gasteiger charge is 2.04. The highest BCUT2D eigenvalue weighted by Crippen LogP contribution is 1.94. The molecular formula is C9H18O4. The van der Waals surface area contributed by atoms with Crippen LogP contribution in [-0.2, 0) is 14.3 Å². The van der Waals surface area contributed by atoms with Crippen LogP contribution in [0.2, 0.25) is 0 Å². The van der Waals surface area contributed by atoms with Crippen LogP contribution in [0.3, 0.4) is 0 Å². The topological polar surface area (TPSA) is 55.8 Å². The van der Waals surface area contributed by atoms with Gasteiger partial charge in [-0.15, -0.1) is 0 Å². The third-order valence-electron chi connectivity index (χ3n) is 1.36. The first-order chi connectivity index (χ1) is 6.16. The van der Waals surface area contributed by atoms with Crippen LogP contribution in [0.15, 0.2) is 0 Å². The van der Waals surface area contributed by atoms with Crippen LogP contribution in [-0.4, -0.2) is 37.0 Å². The molecule has 0 amide bonds. The second-order valence-electron chi connectivity index (χ2n) is 2.83. The fraction of sp³-hybridized carbons (Fsp3) is 0.889. The molecule has 0 spiro atoms. The summed E-state index contributed by atoms with van der Waals surface area (Å²) < 4.78 is 9.79. The van der Waals surface area contributed by atoms with Gasteiger partial charge in [0.05, 0.1) is 6.10 Å². The minimum atomic E-state index is -0.587. The van der Waals surface area contributed by atoms with Crippen LogP contribution in [0, 0.1) is 0 Å². The van der Waals surface area contributed by atoms with E-state index in [-0.39, 0.29) is 12.6 Å². The van der Waals surface area contributed by atoms with Crippen molar-refractivity contribution in [3.63, 3.8) is 0 Å². The van der Waals surface area contributed by atoms with E-state index in [1.54, 1.807) is 6.92 Å². The quantitative estimate of drug-likeness (QED) is 0.475. The molecule has 0 rings (SSSR count). The molecule has 0 radical (unpaired) electrons. The third kappa shape index (κ3) is 9.30. The van der Waals surface area contributed by atoms with Gasteiger partial charge in [-0.2, -0.15) is 0 Å². The number of carbonyl (C=O) groups is 1. The largest absolute Gasteiger partial charge is 0.463 e. The molecule has 1 unspecified atom stereocenters. The standard InChI is InChI=1S/C9H18O4/c1-3-12-6-4-5-9(11)13-7-8(2)10/h8,10H,3-7H2,1-2H3. The van der Waals surface area contributed by atoms with E-state index >= 15 is 0 Å². The van der Waals surface area contributed by atoms with Crippen LogP contribution < -0.4 is 0 Å². The monoisotopic (exact) mass is 190 g/mol. The predicted octanol–water partition coefficient (Wildman–Crippen LogP) is 0.727. The van der Waals surface area contributed by atoms with Crippen molar-refractivity contribution in [1.82, 2.24) is 0 Å². The average Bonchev–Trinajstić information content (AvgIpc) is 2.09. The number of rotatable bonds is 7. The Labute approximate surface area is 78.8 Å². The highest BCUT2D eigenvalue weighted by atomic mass is 16.5. The second kappa shape index (κ2) is 8.01. The average molecular weight is 190 g/mol. The summed E-state index contributed by atoms with van der Waals surface area (Å²) >= 11 is 0. The van der Waals surface area contributed by atoms with E-state index < -0.39 is 6.10 Å². The van der Waals surface area contributed by atoms with Crippen LogP contribution >= 0.6 is 0 Å². The number of aliphatic hydroxyl groups excluding tert-OH is 1. The zero-order valence-electron chi connectivity index (χ0n) is 8.28. The fourth-order valence-corrected chi connectivity index (χ4v) is 0.749. The number of aliphatic hydroxyl groups is 1. The Bertz CT molecular complexity index is 134. The maximum absolute atomic E-state index is 10.9. The van der Waals surface area contributed by atoms with Crippen molar-refractivity contribution < 1.29 is 19.4 Å². The summed E-state index contributed by atoms with van der Waals surface area (Å²) in [7, 11) is 0. The molecule has 13 heavy (non-hydrogen) atoms. The molecule has 0 aromatic carbocycles. The summed E-state index contributed by atoms with van der Waals surface area (Å²) in [5, 5.41) is 8.81. The van der Waals surface area contributed by atoms with E-state index in [0.717, 1.165) is 0 Å². The van der Waals surface area contributed by atoms with Gasteiger partial charge in [0.1, 0.15) is 6.61 Å². The van der Waals surface area contributed by atoms with E-state index in [1.807, 2.05) is 6.92 Å². The fourth-order valence-electron chi connectivity index (χ4n) is 0.749. The van der Waals surface area contributed by atoms with Crippen molar-refractivity contribution in [2.75, 3.05) is 19.8 Å². The van der Waals surface area contributed by atoms with E-state index in [0.29, 0.717) is 26.1 Å². The van der Waals surface area contributed by atoms with Crippen molar-refractivity contribution in [3.8, 4) is 0 Å². The first kappa shape index (κ1) is 12.4. The van der Waals surface area contributed by atoms with Crippen LogP contribution in [0.5, 0.6) is 0 Å². The van der Waals surface area contributed by atoms with Crippen LogP contribution in [0.4, 0.5) is 0 Å². The zero-order valence-corrected chi connectivity index (χ0v) is 8.28. The van der Waals surface area contributed by atoms with Gasteiger partial charge in [-0.05, 0) is 20.3 Å². The summed E-state index contributed by atoms with van der Waals surface area (Å²) in [4.78, 5) is 10.9. The molecule has 0 heterocycles. The molecule has 4 heteroatoms. The zero-order chi connectivity index (χ0) is 10.1. The second-order valence-corrected chi connectivity index (χ2v) is 2.83. The summed E-state index contributed by atoms with van der Waals surface area (Å²) in [6, 6.07) is 0. The molecule has 0 saturated carbocycles. The number of carbonyl (C=O) groups excluding carboxylic acids is 1. The molecular weight excluding hydrogens is 172 g/mol. The Morgan fingerprint density at radius 2 is 2.23 bits per heavy atom. The molecule has 0 aromatic rings. The van der Waals surface area contributed by atoms with Gasteiger partial charge in [0.25, 0.3) is 0 Å². The lowest BCUT2D eigenvalue weighted by atomic mass is 10.3. The maximum Gasteiger partial charge on any atom is 0.305 e. The third-order valence-corrected chi connectivity index (χ3v) is 1.36. The van der Waals surface area contributed by atoms with Gasteiger partial charge in [0.2, 0.25) is 0 Å². The summed E-state index contributed by atoms with van der Waals surface area (Å²) in [6.45, 7) is 4.82. The SMILES string of the molecule is CCOCCCC(=O)OCC(C)O. The van der Waals surface area contributed by atoms with Crippen molar-refractivity contribution in [3.05, 3.63) is 0 Å². The highest BCUT2D eigenvalue weighted by molar-refractivity contribution is 5.69. The smallest absolute Gasteiger partial charge is 0.305 e. The molecule has 0 saturated heterocycles. The summed E-state index contributed by atoms with van der Waals surface area (Å²) in [5.74, 6) is -0.277. The van der Waals surface area contributed by atoms with Gasteiger partial charge in [-0.25, -0.2) is 0 Å². The van der Waals surface area contributed by atoms with Crippen LogP contribution in [0.25, 0.3) is 0 Å². The van der Waals surface area contributed by atoms with E-state index in [9.17, 15) is 4.79 Å². The molecule has 0 aliphatic rings. The normalized spacial score (nSPS) is 12.5. The Balaban J connectivity index is 3.20. The van der Waals surface area contributed by atoms with Crippen molar-refractivity contribution in [1.29, 1.82) is 0 Å². The number of hydrogen-bond acceptors (Lipinski definition) is 4. The molecule has 4 nitrogen and oxygen atoms in total. The molecule has 0 bridgehead atoms. The van der Waals surface area contributed by atoms with Gasteiger partial charge in [-0.1, -0.05) is 0 Å². The van der Waals surface area contributed by atoms with Gasteiger partial charge in [0.15, 0.2) is 0 Å². The van der Waals surface area contributed by atoms with Gasteiger partial charge in [0, 0.05) is 19.6 Å². The van der Waals surface area contributed by atoms with E-state index in [4.69, 9.17) is 14.6 Å². The van der Waals surface area contributed by atoms with Crippen molar-refractivity contribution in [2.24, 2.45) is 0 Å². The molecule has 0 aliphatic heterocycles. The van der Waals surface area contributed by atoms with Crippen molar-refractivity contribution >= 4 is 5.97 Å². The Morgan fingerprint density at radius 3 is 2.77 bits per heavy atom. The molecule has 1 atom stereocenters. The first-order valence-electron chi connectivity index (χ1n) is 4.58. The van der Waals surface area contributed by atoms with Crippen molar-refractivity contribution in [2.45, 2.75) is 32.8 Å². The molecule has 0 aromatic heterocycles. The Hall–Kier alpha value is -0.610. The minimum Gasteiger partial charge on any atom is -0.463 e. The molecule has 1 N–H and O–H groups in total. The van der Waals surface area contributed by atoms with Crippen LogP contribution in [0.1, 0.15) is 26.7 Å². The lowest BCUT2D eigenvalue weighted by Gasteiger charge is -2.06. The molecule has 0 aliphatic carbocycles. The van der Waals surface area contributed by atoms with E-state index in [1.165, 1.54) is 0 Å².